The predicted molar refractivity (Wildman–Crippen MR) is 108 cm³/mol. The van der Waals surface area contributed by atoms with Crippen LogP contribution < -0.4 is 4.72 Å². The molecule has 3 N–H and O–H groups in total. The van der Waals surface area contributed by atoms with Gasteiger partial charge in [0.1, 0.15) is 17.5 Å². The van der Waals surface area contributed by atoms with Crippen LogP contribution in [0.1, 0.15) is 24.3 Å². The molecule has 0 unspecified atom stereocenters. The number of nitrogens with zero attached hydrogens (tertiary/aromatic N) is 1. The Labute approximate surface area is 175 Å². The number of aromatic nitrogens is 3. The lowest BCUT2D eigenvalue weighted by atomic mass is 9.74. The van der Waals surface area contributed by atoms with Gasteiger partial charge in [-0.25, -0.2) is 31.3 Å². The Kier molecular flexibility index (Phi) is 4.63. The summed E-state index contributed by atoms with van der Waals surface area (Å²) in [4.78, 5) is 9.38. The average Bonchev–Trinajstić information content (AvgIpc) is 3.34. The number of benzene rings is 2. The van der Waals surface area contributed by atoms with Gasteiger partial charge < -0.3 is 9.97 Å². The van der Waals surface area contributed by atoms with E-state index >= 15 is 0 Å². The van der Waals surface area contributed by atoms with Gasteiger partial charge in [0, 0.05) is 23.7 Å². The van der Waals surface area contributed by atoms with Crippen molar-refractivity contribution in [2.45, 2.75) is 29.8 Å². The molecule has 10 heteroatoms. The number of nitrogens with one attached hydrogen (secondary N) is 3. The molecule has 0 spiro atoms. The Hall–Kier alpha value is -3.11. The van der Waals surface area contributed by atoms with Gasteiger partial charge in [-0.05, 0) is 60.2 Å². The van der Waals surface area contributed by atoms with Crippen molar-refractivity contribution >= 4 is 20.9 Å². The second kappa shape index (κ2) is 7.24. The van der Waals surface area contributed by atoms with E-state index in [0.717, 1.165) is 6.07 Å². The van der Waals surface area contributed by atoms with Crippen molar-refractivity contribution in [3.63, 3.8) is 0 Å². The molecule has 4 aromatic rings. The summed E-state index contributed by atoms with van der Waals surface area (Å²) in [7, 11) is -3.75. The van der Waals surface area contributed by atoms with Crippen LogP contribution in [0.25, 0.3) is 22.2 Å². The zero-order valence-electron chi connectivity index (χ0n) is 16.0. The number of rotatable bonds is 5. The SMILES string of the molecule is O=S(=O)(N[C@H]1C[C@H](c2c(-c3ccc(F)cc3)[nH]c3c(F)cc(F)cc32)C1)c1c[nH]cn1. The molecule has 0 aliphatic heterocycles. The van der Waals surface area contributed by atoms with Crippen molar-refractivity contribution < 1.29 is 21.6 Å². The molecule has 1 saturated carbocycles. The minimum atomic E-state index is -3.75. The molecule has 0 bridgehead atoms. The minimum Gasteiger partial charge on any atom is -0.352 e. The zero-order valence-corrected chi connectivity index (χ0v) is 16.8. The highest BCUT2D eigenvalue weighted by molar-refractivity contribution is 7.89. The maximum atomic E-state index is 14.4. The number of aromatic amines is 2. The first-order chi connectivity index (χ1) is 14.8. The van der Waals surface area contributed by atoms with Crippen LogP contribution in [0.5, 0.6) is 0 Å². The monoisotopic (exact) mass is 446 g/mol. The maximum Gasteiger partial charge on any atom is 0.259 e. The lowest BCUT2D eigenvalue weighted by Gasteiger charge is -2.36. The van der Waals surface area contributed by atoms with Crippen molar-refractivity contribution in [3.05, 3.63) is 71.9 Å². The molecular formula is C21H17F3N4O2S. The van der Waals surface area contributed by atoms with Crippen molar-refractivity contribution in [2.24, 2.45) is 0 Å². The van der Waals surface area contributed by atoms with Crippen LogP contribution >= 0.6 is 0 Å². The third-order valence-corrected chi connectivity index (χ3v) is 7.03. The number of hydrogen-bond acceptors (Lipinski definition) is 3. The molecule has 5 rings (SSSR count). The molecule has 2 aromatic carbocycles. The van der Waals surface area contributed by atoms with Gasteiger partial charge >= 0.3 is 0 Å². The van der Waals surface area contributed by atoms with Crippen molar-refractivity contribution in [1.82, 2.24) is 19.7 Å². The minimum absolute atomic E-state index is 0.0980. The largest absolute Gasteiger partial charge is 0.352 e. The second-order valence-electron chi connectivity index (χ2n) is 7.62. The van der Waals surface area contributed by atoms with Gasteiger partial charge in [0.15, 0.2) is 5.03 Å². The molecule has 0 amide bonds. The highest BCUT2D eigenvalue weighted by Crippen LogP contribution is 2.46. The lowest BCUT2D eigenvalue weighted by molar-refractivity contribution is 0.328. The van der Waals surface area contributed by atoms with Crippen molar-refractivity contribution in [1.29, 1.82) is 0 Å². The van der Waals surface area contributed by atoms with Gasteiger partial charge in [0.25, 0.3) is 10.0 Å². The summed E-state index contributed by atoms with van der Waals surface area (Å²) >= 11 is 0. The van der Waals surface area contributed by atoms with E-state index in [-0.39, 0.29) is 22.5 Å². The van der Waals surface area contributed by atoms with E-state index in [1.165, 1.54) is 30.7 Å². The van der Waals surface area contributed by atoms with E-state index in [4.69, 9.17) is 0 Å². The van der Waals surface area contributed by atoms with Gasteiger partial charge in [-0.15, -0.1) is 0 Å². The fourth-order valence-electron chi connectivity index (χ4n) is 4.13. The van der Waals surface area contributed by atoms with Gasteiger partial charge in [-0.2, -0.15) is 0 Å². The normalized spacial score (nSPS) is 18.9. The molecule has 31 heavy (non-hydrogen) atoms. The summed E-state index contributed by atoms with van der Waals surface area (Å²) in [5.41, 5.74) is 2.05. The molecule has 1 fully saturated rings. The topological polar surface area (TPSA) is 90.6 Å². The molecule has 2 aromatic heterocycles. The van der Waals surface area contributed by atoms with Crippen LogP contribution in [0.2, 0.25) is 0 Å². The number of H-pyrrole nitrogens is 2. The van der Waals surface area contributed by atoms with Crippen LogP contribution in [-0.4, -0.2) is 29.4 Å². The van der Waals surface area contributed by atoms with E-state index in [0.29, 0.717) is 35.0 Å². The highest BCUT2D eigenvalue weighted by Gasteiger charge is 2.37. The van der Waals surface area contributed by atoms with E-state index in [9.17, 15) is 21.6 Å². The molecule has 2 heterocycles. The molecule has 6 nitrogen and oxygen atoms in total. The van der Waals surface area contributed by atoms with Crippen LogP contribution in [0.15, 0.2) is 53.9 Å². The fraction of sp³-hybridized carbons (Fsp3) is 0.190. The first-order valence-corrected chi connectivity index (χ1v) is 11.1. The highest BCUT2D eigenvalue weighted by atomic mass is 32.2. The van der Waals surface area contributed by atoms with Crippen molar-refractivity contribution in [3.8, 4) is 11.3 Å². The van der Waals surface area contributed by atoms with E-state index in [1.807, 2.05) is 0 Å². The summed E-state index contributed by atoms with van der Waals surface area (Å²) in [6, 6.07) is 7.45. The number of fused-ring (bicyclic) bond motifs is 1. The summed E-state index contributed by atoms with van der Waals surface area (Å²) in [6.07, 6.45) is 3.46. The molecular weight excluding hydrogens is 429 g/mol. The molecule has 160 valence electrons. The predicted octanol–water partition coefficient (Wildman–Crippen LogP) is 4.20. The number of hydrogen-bond donors (Lipinski definition) is 3. The number of imidazole rings is 1. The van der Waals surface area contributed by atoms with E-state index in [1.54, 1.807) is 12.1 Å². The van der Waals surface area contributed by atoms with E-state index in [2.05, 4.69) is 19.7 Å². The number of halogens is 3. The van der Waals surface area contributed by atoms with Crippen LogP contribution in [-0.2, 0) is 10.0 Å². The smallest absolute Gasteiger partial charge is 0.259 e. The summed E-state index contributed by atoms with van der Waals surface area (Å²) in [5, 5.41) is 0.301. The summed E-state index contributed by atoms with van der Waals surface area (Å²) in [5.74, 6) is -1.97. The summed E-state index contributed by atoms with van der Waals surface area (Å²) < 4.78 is 69.2. The van der Waals surface area contributed by atoms with E-state index < -0.39 is 27.5 Å². The third kappa shape index (κ3) is 3.51. The van der Waals surface area contributed by atoms with Gasteiger partial charge in [0.2, 0.25) is 0 Å². The summed E-state index contributed by atoms with van der Waals surface area (Å²) in [6.45, 7) is 0. The Morgan fingerprint density at radius 3 is 2.45 bits per heavy atom. The van der Waals surface area contributed by atoms with Crippen LogP contribution in [0.3, 0.4) is 0 Å². The van der Waals surface area contributed by atoms with Gasteiger partial charge in [-0.3, -0.25) is 0 Å². The Morgan fingerprint density at radius 2 is 1.77 bits per heavy atom. The van der Waals surface area contributed by atoms with Crippen LogP contribution in [0.4, 0.5) is 13.2 Å². The molecule has 0 atom stereocenters. The standard InChI is InChI=1S/C21H17F3N4O2S/c22-13-3-1-11(2-4-13)20-19(16-7-14(23)8-17(24)21(16)27-20)12-5-15(6-12)28-31(29,30)18-9-25-10-26-18/h1-4,7-10,12,15,27-28H,5-6H2,(H,25,26)/t12-,15-. The first-order valence-electron chi connectivity index (χ1n) is 9.59. The molecule has 0 saturated heterocycles. The second-order valence-corrected chi connectivity index (χ2v) is 9.29. The lowest BCUT2D eigenvalue weighted by Crippen LogP contribution is -2.43. The Balaban J connectivity index is 1.49. The molecule has 0 radical (unpaired) electrons. The maximum absolute atomic E-state index is 14.4. The average molecular weight is 446 g/mol. The van der Waals surface area contributed by atoms with Gasteiger partial charge in [-0.1, -0.05) is 0 Å². The molecule has 1 aliphatic carbocycles. The Morgan fingerprint density at radius 1 is 1.03 bits per heavy atom. The van der Waals surface area contributed by atoms with Crippen molar-refractivity contribution in [2.75, 3.05) is 0 Å². The fourth-order valence-corrected chi connectivity index (χ4v) is 5.30. The molecule has 1 aliphatic rings. The zero-order chi connectivity index (χ0) is 21.8. The first kappa shape index (κ1) is 19.8. The quantitative estimate of drug-likeness (QED) is 0.429. The van der Waals surface area contributed by atoms with Gasteiger partial charge in [0.05, 0.1) is 17.5 Å². The Bertz CT molecular complexity index is 1360. The third-order valence-electron chi connectivity index (χ3n) is 5.61. The van der Waals surface area contributed by atoms with Crippen LogP contribution in [0, 0.1) is 17.5 Å². The number of sulfonamides is 1.